The number of halogens is 1. The Labute approximate surface area is 96.6 Å². The molecule has 0 saturated heterocycles. The highest BCUT2D eigenvalue weighted by molar-refractivity contribution is 9.10. The van der Waals surface area contributed by atoms with E-state index in [1.165, 1.54) is 0 Å². The first-order valence-electron chi connectivity index (χ1n) is 4.78. The molecule has 0 amide bonds. The first-order chi connectivity index (χ1) is 7.10. The lowest BCUT2D eigenvalue weighted by Crippen LogP contribution is -2.38. The van der Waals surface area contributed by atoms with Gasteiger partial charge in [-0.25, -0.2) is 0 Å². The van der Waals surface area contributed by atoms with Gasteiger partial charge in [-0.3, -0.25) is 4.79 Å². The number of carbonyl (C=O) groups is 1. The van der Waals surface area contributed by atoms with Crippen LogP contribution in [0.3, 0.4) is 0 Å². The highest BCUT2D eigenvalue weighted by Crippen LogP contribution is 2.51. The molecule has 0 spiro atoms. The Morgan fingerprint density at radius 3 is 2.87 bits per heavy atom. The second kappa shape index (κ2) is 3.61. The Hall–Kier alpha value is -0.870. The molecule has 2 unspecified atom stereocenters. The van der Waals surface area contributed by atoms with Crippen LogP contribution >= 0.6 is 15.9 Å². The summed E-state index contributed by atoms with van der Waals surface area (Å²) >= 11 is 3.39. The van der Waals surface area contributed by atoms with E-state index in [1.807, 2.05) is 24.3 Å². The van der Waals surface area contributed by atoms with Crippen molar-refractivity contribution in [1.82, 2.24) is 5.32 Å². The van der Waals surface area contributed by atoms with Gasteiger partial charge >= 0.3 is 5.97 Å². The lowest BCUT2D eigenvalue weighted by molar-refractivity contribution is -0.140. The van der Waals surface area contributed by atoms with Gasteiger partial charge in [0.2, 0.25) is 0 Å². The monoisotopic (exact) mass is 269 g/mol. The summed E-state index contributed by atoms with van der Waals surface area (Å²) < 4.78 is 0.988. The molecule has 1 aliphatic rings. The van der Waals surface area contributed by atoms with Gasteiger partial charge in [0, 0.05) is 10.4 Å². The number of benzene rings is 1. The summed E-state index contributed by atoms with van der Waals surface area (Å²) in [6, 6.07) is 7.82. The molecule has 0 heterocycles. The van der Waals surface area contributed by atoms with Crippen LogP contribution < -0.4 is 5.32 Å². The molecular weight excluding hydrogens is 258 g/mol. The van der Waals surface area contributed by atoms with Crippen molar-refractivity contribution in [3.63, 3.8) is 0 Å². The van der Waals surface area contributed by atoms with Crippen molar-refractivity contribution in [3.8, 4) is 0 Å². The minimum absolute atomic E-state index is 0.0810. The zero-order chi connectivity index (χ0) is 11.1. The lowest BCUT2D eigenvalue weighted by atomic mass is 10.1. The fourth-order valence-electron chi connectivity index (χ4n) is 2.01. The Morgan fingerprint density at radius 1 is 1.67 bits per heavy atom. The highest BCUT2D eigenvalue weighted by Gasteiger charge is 2.60. The molecule has 0 aliphatic heterocycles. The van der Waals surface area contributed by atoms with Crippen molar-refractivity contribution in [1.29, 1.82) is 0 Å². The average molecular weight is 270 g/mol. The van der Waals surface area contributed by atoms with E-state index >= 15 is 0 Å². The third-order valence-corrected chi connectivity index (χ3v) is 3.53. The molecule has 80 valence electrons. The molecule has 2 atom stereocenters. The maximum Gasteiger partial charge on any atom is 0.324 e. The van der Waals surface area contributed by atoms with Gasteiger partial charge in [0.05, 0.1) is 0 Å². The van der Waals surface area contributed by atoms with E-state index in [4.69, 9.17) is 5.11 Å². The quantitative estimate of drug-likeness (QED) is 0.883. The fraction of sp³-hybridized carbons (Fsp3) is 0.364. The first-order valence-corrected chi connectivity index (χ1v) is 5.57. The van der Waals surface area contributed by atoms with E-state index in [0.29, 0.717) is 6.42 Å². The molecule has 4 heteroatoms. The maximum atomic E-state index is 11.1. The third-order valence-electron chi connectivity index (χ3n) is 3.04. The summed E-state index contributed by atoms with van der Waals surface area (Å²) in [6.45, 7) is 0. The number of aliphatic carboxylic acids is 1. The number of nitrogens with one attached hydrogen (secondary N) is 1. The zero-order valence-electron chi connectivity index (χ0n) is 8.33. The van der Waals surface area contributed by atoms with E-state index in [2.05, 4.69) is 21.2 Å². The molecule has 1 aromatic rings. The van der Waals surface area contributed by atoms with Gasteiger partial charge in [-0.1, -0.05) is 28.1 Å². The molecule has 1 aliphatic carbocycles. The van der Waals surface area contributed by atoms with Gasteiger partial charge < -0.3 is 10.4 Å². The number of rotatable bonds is 3. The van der Waals surface area contributed by atoms with Crippen molar-refractivity contribution in [3.05, 3.63) is 34.3 Å². The summed E-state index contributed by atoms with van der Waals surface area (Å²) in [6.07, 6.45) is 0.662. The van der Waals surface area contributed by atoms with Crippen LogP contribution in [0.2, 0.25) is 0 Å². The third kappa shape index (κ3) is 1.68. The SMILES string of the molecule is CNC1(C(=O)O)CC1c1cccc(Br)c1. The molecule has 1 aromatic carbocycles. The molecule has 0 aromatic heterocycles. The standard InChI is InChI=1S/C11H12BrNO2/c1-13-11(10(14)15)6-9(11)7-3-2-4-8(12)5-7/h2-5,9,13H,6H2,1H3,(H,14,15). The molecule has 2 rings (SSSR count). The average Bonchev–Trinajstić information content (AvgIpc) is 2.93. The normalized spacial score (nSPS) is 28.8. The van der Waals surface area contributed by atoms with Crippen LogP contribution in [0.15, 0.2) is 28.7 Å². The van der Waals surface area contributed by atoms with Gasteiger partial charge in [-0.2, -0.15) is 0 Å². The van der Waals surface area contributed by atoms with Crippen molar-refractivity contribution in [2.24, 2.45) is 0 Å². The van der Waals surface area contributed by atoms with Crippen LogP contribution in [0.25, 0.3) is 0 Å². The van der Waals surface area contributed by atoms with Crippen molar-refractivity contribution in [2.75, 3.05) is 7.05 Å². The topological polar surface area (TPSA) is 49.3 Å². The van der Waals surface area contributed by atoms with Gasteiger partial charge in [0.15, 0.2) is 0 Å². The van der Waals surface area contributed by atoms with Gasteiger partial charge in [-0.15, -0.1) is 0 Å². The van der Waals surface area contributed by atoms with Gasteiger partial charge in [0.25, 0.3) is 0 Å². The lowest BCUT2D eigenvalue weighted by Gasteiger charge is -2.10. The van der Waals surface area contributed by atoms with Crippen molar-refractivity contribution in [2.45, 2.75) is 17.9 Å². The molecule has 15 heavy (non-hydrogen) atoms. The van der Waals surface area contributed by atoms with E-state index < -0.39 is 11.5 Å². The highest BCUT2D eigenvalue weighted by atomic mass is 79.9. The maximum absolute atomic E-state index is 11.1. The molecule has 1 fully saturated rings. The van der Waals surface area contributed by atoms with E-state index in [1.54, 1.807) is 7.05 Å². The van der Waals surface area contributed by atoms with Crippen LogP contribution in [0, 0.1) is 0 Å². The van der Waals surface area contributed by atoms with Crippen LogP contribution in [-0.2, 0) is 4.79 Å². The molecule has 1 saturated carbocycles. The van der Waals surface area contributed by atoms with Gasteiger partial charge in [-0.05, 0) is 31.2 Å². The number of likely N-dealkylation sites (N-methyl/N-ethyl adjacent to an activating group) is 1. The van der Waals surface area contributed by atoms with Crippen LogP contribution in [0.4, 0.5) is 0 Å². The second-order valence-electron chi connectivity index (χ2n) is 3.84. The number of hydrogen-bond acceptors (Lipinski definition) is 2. The predicted molar refractivity (Wildman–Crippen MR) is 60.9 cm³/mol. The summed E-state index contributed by atoms with van der Waals surface area (Å²) in [5.41, 5.74) is 0.321. The summed E-state index contributed by atoms with van der Waals surface area (Å²) in [7, 11) is 1.70. The largest absolute Gasteiger partial charge is 0.480 e. The van der Waals surface area contributed by atoms with Crippen LogP contribution in [0.5, 0.6) is 0 Å². The second-order valence-corrected chi connectivity index (χ2v) is 4.75. The van der Waals surface area contributed by atoms with E-state index in [-0.39, 0.29) is 5.92 Å². The van der Waals surface area contributed by atoms with E-state index in [0.717, 1.165) is 10.0 Å². The smallest absolute Gasteiger partial charge is 0.324 e. The summed E-state index contributed by atoms with van der Waals surface area (Å²) in [5.74, 6) is -0.688. The fourth-order valence-corrected chi connectivity index (χ4v) is 2.43. The molecule has 0 radical (unpaired) electrons. The molecular formula is C11H12BrNO2. The Kier molecular flexibility index (Phi) is 2.56. The Bertz CT molecular complexity index is 407. The summed E-state index contributed by atoms with van der Waals surface area (Å²) in [4.78, 5) is 11.1. The zero-order valence-corrected chi connectivity index (χ0v) is 9.91. The first kappa shape index (κ1) is 10.6. The molecule has 0 bridgehead atoms. The summed E-state index contributed by atoms with van der Waals surface area (Å²) in [5, 5.41) is 12.0. The number of carboxylic acid groups (broad SMARTS) is 1. The minimum Gasteiger partial charge on any atom is -0.480 e. The van der Waals surface area contributed by atoms with Gasteiger partial charge in [0.1, 0.15) is 5.54 Å². The van der Waals surface area contributed by atoms with Crippen LogP contribution in [0.1, 0.15) is 17.9 Å². The van der Waals surface area contributed by atoms with Crippen molar-refractivity contribution >= 4 is 21.9 Å². The van der Waals surface area contributed by atoms with Crippen molar-refractivity contribution < 1.29 is 9.90 Å². The Morgan fingerprint density at radius 2 is 2.40 bits per heavy atom. The molecule has 2 N–H and O–H groups in total. The Balaban J connectivity index is 2.26. The van der Waals surface area contributed by atoms with Crippen LogP contribution in [-0.4, -0.2) is 23.7 Å². The van der Waals surface area contributed by atoms with E-state index in [9.17, 15) is 4.79 Å². The predicted octanol–water partition coefficient (Wildman–Crippen LogP) is 1.98. The molecule has 3 nitrogen and oxygen atoms in total. The number of hydrogen-bond donors (Lipinski definition) is 2. The minimum atomic E-state index is -0.769. The number of carboxylic acids is 1.